The van der Waals surface area contributed by atoms with Crippen LogP contribution in [0.15, 0.2) is 59.4 Å². The monoisotopic (exact) mass is 350 g/mol. The molecule has 0 aliphatic heterocycles. The molecule has 0 radical (unpaired) electrons. The summed E-state index contributed by atoms with van der Waals surface area (Å²) in [5, 5.41) is 8.55. The van der Waals surface area contributed by atoms with E-state index in [9.17, 15) is 4.79 Å². The number of carbonyl (C=O) groups excluding carboxylic acids is 1. The second kappa shape index (κ2) is 6.19. The van der Waals surface area contributed by atoms with Gasteiger partial charge in [-0.2, -0.15) is 0 Å². The van der Waals surface area contributed by atoms with Gasteiger partial charge in [0.05, 0.1) is 0 Å². The number of fused-ring (bicyclic) bond motifs is 1. The van der Waals surface area contributed by atoms with Crippen LogP contribution in [-0.4, -0.2) is 10.9 Å². The highest BCUT2D eigenvalue weighted by atomic mass is 32.1. The Balaban J connectivity index is 1.80. The Morgan fingerprint density at radius 2 is 1.88 bits per heavy atom. The van der Waals surface area contributed by atoms with E-state index >= 15 is 0 Å². The average Bonchev–Trinajstić information content (AvgIpc) is 3.25. The second-order valence-corrected chi connectivity index (χ2v) is 7.36. The summed E-state index contributed by atoms with van der Waals surface area (Å²) in [6.45, 7) is 2.07. The van der Waals surface area contributed by atoms with Crippen LogP contribution in [0.3, 0.4) is 0 Å². The Hall–Kier alpha value is -2.50. The molecule has 2 aromatic heterocycles. The molecule has 0 atom stereocenters. The van der Waals surface area contributed by atoms with E-state index in [1.807, 2.05) is 17.5 Å². The number of benzene rings is 2. The van der Waals surface area contributed by atoms with Gasteiger partial charge in [-0.15, -0.1) is 22.7 Å². The number of amides is 1. The molecule has 4 aromatic rings. The van der Waals surface area contributed by atoms with Crippen LogP contribution < -0.4 is 5.32 Å². The molecular weight excluding hydrogens is 336 g/mol. The Kier molecular flexibility index (Phi) is 3.88. The average molecular weight is 350 g/mol. The van der Waals surface area contributed by atoms with E-state index in [1.165, 1.54) is 22.3 Å². The fraction of sp³-hybridized carbons (Fsp3) is 0.0526. The van der Waals surface area contributed by atoms with Gasteiger partial charge in [0.15, 0.2) is 5.13 Å². The van der Waals surface area contributed by atoms with Crippen LogP contribution in [0.1, 0.15) is 15.9 Å². The summed E-state index contributed by atoms with van der Waals surface area (Å²) < 4.78 is 1.11. The first-order valence-electron chi connectivity index (χ1n) is 7.50. The fourth-order valence-electron chi connectivity index (χ4n) is 2.63. The lowest BCUT2D eigenvalue weighted by Gasteiger charge is -2.08. The third kappa shape index (κ3) is 2.84. The van der Waals surface area contributed by atoms with Crippen molar-refractivity contribution in [1.82, 2.24) is 4.98 Å². The van der Waals surface area contributed by atoms with Gasteiger partial charge >= 0.3 is 0 Å². The molecule has 0 aliphatic carbocycles. The number of nitrogens with one attached hydrogen (secondary N) is 1. The Morgan fingerprint density at radius 1 is 1.04 bits per heavy atom. The molecule has 1 N–H and O–H groups in total. The molecule has 1 amide bonds. The minimum absolute atomic E-state index is 0.131. The predicted octanol–water partition coefficient (Wildman–Crippen LogP) is 5.59. The summed E-state index contributed by atoms with van der Waals surface area (Å²) in [6.07, 6.45) is 1.68. The van der Waals surface area contributed by atoms with E-state index in [4.69, 9.17) is 0 Å². The summed E-state index contributed by atoms with van der Waals surface area (Å²) in [7, 11) is 0. The molecule has 0 saturated carbocycles. The maximum atomic E-state index is 12.6. The highest BCUT2D eigenvalue weighted by molar-refractivity contribution is 7.17. The molecule has 118 valence electrons. The van der Waals surface area contributed by atoms with Gasteiger partial charge in [0, 0.05) is 27.2 Å². The molecule has 0 saturated heterocycles. The van der Waals surface area contributed by atoms with Crippen LogP contribution in [0.4, 0.5) is 5.13 Å². The standard InChI is InChI=1S/C19H14N2OS2/c1-12-2-4-13(5-3-12)16-10-14(11-17-15(16)6-8-23-17)18(22)21-19-20-7-9-24-19/h2-11H,1H3,(H,20,21,22). The molecule has 0 spiro atoms. The normalized spacial score (nSPS) is 10.9. The summed E-state index contributed by atoms with van der Waals surface area (Å²) >= 11 is 3.06. The largest absolute Gasteiger partial charge is 0.298 e. The fourth-order valence-corrected chi connectivity index (χ4v) is 4.00. The van der Waals surface area contributed by atoms with Gasteiger partial charge in [-0.1, -0.05) is 29.8 Å². The number of rotatable bonds is 3. The minimum Gasteiger partial charge on any atom is -0.298 e. The molecule has 24 heavy (non-hydrogen) atoms. The van der Waals surface area contributed by atoms with Crippen molar-refractivity contribution in [2.24, 2.45) is 0 Å². The van der Waals surface area contributed by atoms with Gasteiger partial charge in [-0.05, 0) is 41.6 Å². The minimum atomic E-state index is -0.131. The maximum absolute atomic E-state index is 12.6. The summed E-state index contributed by atoms with van der Waals surface area (Å²) in [6, 6.07) is 14.4. The third-order valence-electron chi connectivity index (χ3n) is 3.85. The van der Waals surface area contributed by atoms with Gasteiger partial charge in [0.2, 0.25) is 0 Å². The quantitative estimate of drug-likeness (QED) is 0.523. The summed E-state index contributed by atoms with van der Waals surface area (Å²) in [5.41, 5.74) is 4.07. The van der Waals surface area contributed by atoms with Crippen molar-refractivity contribution in [2.75, 3.05) is 5.32 Å². The first kappa shape index (κ1) is 15.1. The van der Waals surface area contributed by atoms with Gasteiger partial charge in [0.1, 0.15) is 0 Å². The zero-order valence-electron chi connectivity index (χ0n) is 12.9. The molecule has 4 rings (SSSR count). The number of anilines is 1. The van der Waals surface area contributed by atoms with E-state index < -0.39 is 0 Å². The molecular formula is C19H14N2OS2. The number of aromatic nitrogens is 1. The van der Waals surface area contributed by atoms with Crippen LogP contribution in [0.5, 0.6) is 0 Å². The topological polar surface area (TPSA) is 42.0 Å². The highest BCUT2D eigenvalue weighted by Crippen LogP contribution is 2.33. The van der Waals surface area contributed by atoms with Crippen molar-refractivity contribution in [3.8, 4) is 11.1 Å². The smallest absolute Gasteiger partial charge is 0.257 e. The second-order valence-electron chi connectivity index (χ2n) is 5.51. The van der Waals surface area contributed by atoms with Crippen molar-refractivity contribution < 1.29 is 4.79 Å². The zero-order chi connectivity index (χ0) is 16.5. The lowest BCUT2D eigenvalue weighted by molar-refractivity contribution is 0.102. The van der Waals surface area contributed by atoms with Crippen molar-refractivity contribution in [2.45, 2.75) is 6.92 Å². The molecule has 0 bridgehead atoms. The van der Waals surface area contributed by atoms with E-state index in [2.05, 4.69) is 52.9 Å². The zero-order valence-corrected chi connectivity index (χ0v) is 14.6. The van der Waals surface area contributed by atoms with Crippen LogP contribution in [0.25, 0.3) is 21.2 Å². The van der Waals surface area contributed by atoms with Gasteiger partial charge in [-0.25, -0.2) is 4.98 Å². The van der Waals surface area contributed by atoms with Gasteiger partial charge in [-0.3, -0.25) is 10.1 Å². The molecule has 2 aromatic carbocycles. The first-order chi connectivity index (χ1) is 11.7. The first-order valence-corrected chi connectivity index (χ1v) is 9.26. The molecule has 0 aliphatic rings. The molecule has 5 heteroatoms. The van der Waals surface area contributed by atoms with Gasteiger partial charge in [0.25, 0.3) is 5.91 Å². The lowest BCUT2D eigenvalue weighted by Crippen LogP contribution is -2.11. The summed E-state index contributed by atoms with van der Waals surface area (Å²) in [5.74, 6) is -0.131. The lowest BCUT2D eigenvalue weighted by atomic mass is 9.98. The predicted molar refractivity (Wildman–Crippen MR) is 102 cm³/mol. The molecule has 3 nitrogen and oxygen atoms in total. The van der Waals surface area contributed by atoms with Crippen LogP contribution in [0.2, 0.25) is 0 Å². The van der Waals surface area contributed by atoms with Crippen LogP contribution in [0, 0.1) is 6.92 Å². The number of carbonyl (C=O) groups is 1. The van der Waals surface area contributed by atoms with Crippen molar-refractivity contribution in [1.29, 1.82) is 0 Å². The number of nitrogens with zero attached hydrogens (tertiary/aromatic N) is 1. The SMILES string of the molecule is Cc1ccc(-c2cc(C(=O)Nc3nccs3)cc3sccc23)cc1. The molecule has 0 unspecified atom stereocenters. The van der Waals surface area contributed by atoms with Crippen LogP contribution in [-0.2, 0) is 0 Å². The van der Waals surface area contributed by atoms with Crippen molar-refractivity contribution in [3.05, 3.63) is 70.5 Å². The molecule has 0 fully saturated rings. The van der Waals surface area contributed by atoms with E-state index in [0.29, 0.717) is 10.7 Å². The van der Waals surface area contributed by atoms with Crippen molar-refractivity contribution >= 4 is 43.8 Å². The summed E-state index contributed by atoms with van der Waals surface area (Å²) in [4.78, 5) is 16.7. The van der Waals surface area contributed by atoms with E-state index in [0.717, 1.165) is 15.8 Å². The van der Waals surface area contributed by atoms with E-state index in [-0.39, 0.29) is 5.91 Å². The highest BCUT2D eigenvalue weighted by Gasteiger charge is 2.13. The third-order valence-corrected chi connectivity index (χ3v) is 5.40. The molecule has 2 heterocycles. The Labute approximate surface area is 147 Å². The number of hydrogen-bond acceptors (Lipinski definition) is 4. The van der Waals surface area contributed by atoms with Gasteiger partial charge < -0.3 is 0 Å². The Bertz CT molecular complexity index is 1000. The maximum Gasteiger partial charge on any atom is 0.257 e. The number of hydrogen-bond donors (Lipinski definition) is 1. The van der Waals surface area contributed by atoms with E-state index in [1.54, 1.807) is 17.5 Å². The Morgan fingerprint density at radius 3 is 2.62 bits per heavy atom. The van der Waals surface area contributed by atoms with Crippen LogP contribution >= 0.6 is 22.7 Å². The number of thiazole rings is 1. The van der Waals surface area contributed by atoms with Crippen molar-refractivity contribution in [3.63, 3.8) is 0 Å². The number of aryl methyl sites for hydroxylation is 1. The number of thiophene rings is 1.